The second-order valence-corrected chi connectivity index (χ2v) is 6.54. The van der Waals surface area contributed by atoms with E-state index in [4.69, 9.17) is 0 Å². The molecule has 2 aromatic carbocycles. The van der Waals surface area contributed by atoms with E-state index in [0.29, 0.717) is 11.1 Å². The van der Waals surface area contributed by atoms with Gasteiger partial charge in [-0.1, -0.05) is 24.3 Å². The van der Waals surface area contributed by atoms with Crippen LogP contribution in [0.25, 0.3) is 10.9 Å². The summed E-state index contributed by atoms with van der Waals surface area (Å²) in [5.41, 5.74) is 4.86. The first-order valence-electron chi connectivity index (χ1n) is 8.49. The average molecular weight is 350 g/mol. The van der Waals surface area contributed by atoms with E-state index < -0.39 is 6.10 Å². The van der Waals surface area contributed by atoms with Crippen LogP contribution < -0.4 is 5.32 Å². The second-order valence-electron chi connectivity index (χ2n) is 6.54. The fourth-order valence-electron chi connectivity index (χ4n) is 2.98. The Morgan fingerprint density at radius 3 is 2.65 bits per heavy atom. The van der Waals surface area contributed by atoms with Gasteiger partial charge in [-0.3, -0.25) is 9.78 Å². The van der Waals surface area contributed by atoms with Crippen molar-refractivity contribution in [3.8, 4) is 5.75 Å². The third-order valence-corrected chi connectivity index (χ3v) is 4.59. The number of hydrogen-bond donors (Lipinski definition) is 3. The van der Waals surface area contributed by atoms with Gasteiger partial charge in [-0.2, -0.15) is 0 Å². The van der Waals surface area contributed by atoms with E-state index in [1.807, 2.05) is 32.9 Å². The number of aromatic hydroxyl groups is 1. The number of aliphatic hydroxyl groups excluding tert-OH is 1. The molecule has 0 aliphatic heterocycles. The molecular weight excluding hydrogens is 328 g/mol. The summed E-state index contributed by atoms with van der Waals surface area (Å²) in [5, 5.41) is 23.3. The van der Waals surface area contributed by atoms with Gasteiger partial charge in [0.25, 0.3) is 5.91 Å². The van der Waals surface area contributed by atoms with Crippen LogP contribution in [-0.4, -0.2) is 27.6 Å². The monoisotopic (exact) mass is 350 g/mol. The smallest absolute Gasteiger partial charge is 0.252 e. The lowest BCUT2D eigenvalue weighted by Crippen LogP contribution is -2.28. The third-order valence-electron chi connectivity index (χ3n) is 4.59. The molecule has 0 aliphatic rings. The standard InChI is InChI=1S/C21H22N2O3/c1-12-7-8-17-18(9-13(2)23-20(17)14(12)3)21(26)22-11-19(25)15-5-4-6-16(24)10-15/h4-10,19,24-25H,11H2,1-3H3,(H,22,26)/t19-/m1/s1. The van der Waals surface area contributed by atoms with Crippen LogP contribution in [0.5, 0.6) is 5.75 Å². The Morgan fingerprint density at radius 2 is 1.92 bits per heavy atom. The predicted molar refractivity (Wildman–Crippen MR) is 101 cm³/mol. The maximum absolute atomic E-state index is 12.7. The molecule has 26 heavy (non-hydrogen) atoms. The van der Waals surface area contributed by atoms with Crippen LogP contribution in [0.1, 0.15) is 38.8 Å². The number of aromatic nitrogens is 1. The fraction of sp³-hybridized carbons (Fsp3) is 0.238. The van der Waals surface area contributed by atoms with Gasteiger partial charge in [-0.15, -0.1) is 0 Å². The first kappa shape index (κ1) is 17.9. The Hall–Kier alpha value is -2.92. The zero-order chi connectivity index (χ0) is 18.8. The molecule has 1 aromatic heterocycles. The highest BCUT2D eigenvalue weighted by Crippen LogP contribution is 2.24. The number of pyridine rings is 1. The predicted octanol–water partition coefficient (Wildman–Crippen LogP) is 3.33. The molecule has 0 aliphatic carbocycles. The summed E-state index contributed by atoms with van der Waals surface area (Å²) in [6.45, 7) is 5.93. The number of rotatable bonds is 4. The van der Waals surface area contributed by atoms with Crippen molar-refractivity contribution in [3.63, 3.8) is 0 Å². The number of phenolic OH excluding ortho intramolecular Hbond substituents is 1. The van der Waals surface area contributed by atoms with Crippen molar-refractivity contribution < 1.29 is 15.0 Å². The van der Waals surface area contributed by atoms with Crippen molar-refractivity contribution >= 4 is 16.8 Å². The first-order chi connectivity index (χ1) is 12.4. The van der Waals surface area contributed by atoms with Gasteiger partial charge in [-0.25, -0.2) is 0 Å². The first-order valence-corrected chi connectivity index (χ1v) is 8.49. The van der Waals surface area contributed by atoms with Gasteiger partial charge in [0, 0.05) is 17.6 Å². The summed E-state index contributed by atoms with van der Waals surface area (Å²) >= 11 is 0. The molecule has 1 atom stereocenters. The van der Waals surface area contributed by atoms with Gasteiger partial charge in [-0.05, 0) is 55.7 Å². The van der Waals surface area contributed by atoms with Crippen molar-refractivity contribution in [2.75, 3.05) is 6.54 Å². The summed E-state index contributed by atoms with van der Waals surface area (Å²) in [7, 11) is 0. The molecule has 0 saturated carbocycles. The van der Waals surface area contributed by atoms with Gasteiger partial charge in [0.05, 0.1) is 17.2 Å². The number of carbonyl (C=O) groups is 1. The maximum Gasteiger partial charge on any atom is 0.252 e. The minimum Gasteiger partial charge on any atom is -0.508 e. The van der Waals surface area contributed by atoms with E-state index in [9.17, 15) is 15.0 Å². The fourth-order valence-corrected chi connectivity index (χ4v) is 2.98. The minimum absolute atomic E-state index is 0.0516. The molecule has 134 valence electrons. The molecule has 0 bridgehead atoms. The average Bonchev–Trinajstić information content (AvgIpc) is 2.62. The van der Waals surface area contributed by atoms with Crippen LogP contribution in [0.4, 0.5) is 0 Å². The molecular formula is C21H22N2O3. The highest BCUT2D eigenvalue weighted by Gasteiger charge is 2.16. The zero-order valence-electron chi connectivity index (χ0n) is 15.1. The highest BCUT2D eigenvalue weighted by molar-refractivity contribution is 6.07. The molecule has 3 rings (SSSR count). The van der Waals surface area contributed by atoms with Crippen LogP contribution in [0, 0.1) is 20.8 Å². The Bertz CT molecular complexity index is 982. The van der Waals surface area contributed by atoms with E-state index in [1.165, 1.54) is 12.1 Å². The molecule has 3 N–H and O–H groups in total. The van der Waals surface area contributed by atoms with Crippen LogP contribution in [0.2, 0.25) is 0 Å². The summed E-state index contributed by atoms with van der Waals surface area (Å²) in [6, 6.07) is 12.0. The van der Waals surface area contributed by atoms with Crippen LogP contribution in [0.3, 0.4) is 0 Å². The quantitative estimate of drug-likeness (QED) is 0.674. The molecule has 1 amide bonds. The van der Waals surface area contributed by atoms with Gasteiger partial charge in [0.15, 0.2) is 0 Å². The summed E-state index contributed by atoms with van der Waals surface area (Å²) < 4.78 is 0. The number of benzene rings is 2. The minimum atomic E-state index is -0.899. The van der Waals surface area contributed by atoms with Crippen LogP contribution in [0.15, 0.2) is 42.5 Å². The van der Waals surface area contributed by atoms with Crippen molar-refractivity contribution in [1.29, 1.82) is 0 Å². The number of carbonyl (C=O) groups excluding carboxylic acids is 1. The zero-order valence-corrected chi connectivity index (χ0v) is 15.1. The van der Waals surface area contributed by atoms with E-state index in [2.05, 4.69) is 10.3 Å². The number of nitrogens with one attached hydrogen (secondary N) is 1. The van der Waals surface area contributed by atoms with Gasteiger partial charge < -0.3 is 15.5 Å². The van der Waals surface area contributed by atoms with Crippen LogP contribution in [-0.2, 0) is 0 Å². The number of hydrogen-bond acceptors (Lipinski definition) is 4. The van der Waals surface area contributed by atoms with E-state index in [0.717, 1.165) is 27.7 Å². The molecule has 1 heterocycles. The lowest BCUT2D eigenvalue weighted by molar-refractivity contribution is 0.0917. The van der Waals surface area contributed by atoms with E-state index in [1.54, 1.807) is 18.2 Å². The van der Waals surface area contributed by atoms with Crippen molar-refractivity contribution in [2.45, 2.75) is 26.9 Å². The molecule has 0 spiro atoms. The largest absolute Gasteiger partial charge is 0.508 e. The van der Waals surface area contributed by atoms with Crippen molar-refractivity contribution in [2.24, 2.45) is 0 Å². The molecule has 0 fully saturated rings. The molecule has 0 unspecified atom stereocenters. The molecule has 5 nitrogen and oxygen atoms in total. The van der Waals surface area contributed by atoms with Crippen molar-refractivity contribution in [1.82, 2.24) is 10.3 Å². The lowest BCUT2D eigenvalue weighted by Gasteiger charge is -2.14. The third kappa shape index (κ3) is 3.53. The summed E-state index contributed by atoms with van der Waals surface area (Å²) in [6.07, 6.45) is -0.899. The topological polar surface area (TPSA) is 82.5 Å². The number of aliphatic hydroxyl groups is 1. The second kappa shape index (κ2) is 7.14. The number of fused-ring (bicyclic) bond motifs is 1. The van der Waals surface area contributed by atoms with Gasteiger partial charge in [0.1, 0.15) is 5.75 Å². The molecule has 3 aromatic rings. The SMILES string of the molecule is Cc1cc(C(=O)NC[C@@H](O)c2cccc(O)c2)c2ccc(C)c(C)c2n1. The van der Waals surface area contributed by atoms with Crippen molar-refractivity contribution in [3.05, 3.63) is 70.4 Å². The van der Waals surface area contributed by atoms with Gasteiger partial charge in [0.2, 0.25) is 0 Å². The molecule has 5 heteroatoms. The number of nitrogens with zero attached hydrogens (tertiary/aromatic N) is 1. The maximum atomic E-state index is 12.7. The normalized spacial score (nSPS) is 12.2. The number of amides is 1. The number of phenols is 1. The van der Waals surface area contributed by atoms with Gasteiger partial charge >= 0.3 is 0 Å². The molecule has 0 radical (unpaired) electrons. The Kier molecular flexibility index (Phi) is 4.91. The van der Waals surface area contributed by atoms with E-state index >= 15 is 0 Å². The summed E-state index contributed by atoms with van der Waals surface area (Å²) in [4.78, 5) is 17.3. The molecule has 0 saturated heterocycles. The Balaban J connectivity index is 1.85. The Morgan fingerprint density at radius 1 is 1.15 bits per heavy atom. The summed E-state index contributed by atoms with van der Waals surface area (Å²) in [5.74, 6) is -0.183. The highest BCUT2D eigenvalue weighted by atomic mass is 16.3. The number of aryl methyl sites for hydroxylation is 3. The Labute approximate surface area is 152 Å². The van der Waals surface area contributed by atoms with Crippen LogP contribution >= 0.6 is 0 Å². The lowest BCUT2D eigenvalue weighted by atomic mass is 10.0. The van der Waals surface area contributed by atoms with E-state index in [-0.39, 0.29) is 18.2 Å².